The van der Waals surface area contributed by atoms with Crippen LogP contribution in [-0.4, -0.2) is 12.5 Å². The van der Waals surface area contributed by atoms with Gasteiger partial charge in [-0.15, -0.1) is 0 Å². The fraction of sp³-hybridized carbons (Fsp3) is 0.409. The van der Waals surface area contributed by atoms with Crippen molar-refractivity contribution in [3.8, 4) is 0 Å². The summed E-state index contributed by atoms with van der Waals surface area (Å²) in [7, 11) is 0. The van der Waals surface area contributed by atoms with Crippen LogP contribution in [-0.2, 0) is 16.6 Å². The number of amides is 1. The number of hydrogen-bond donors (Lipinski definition) is 1. The van der Waals surface area contributed by atoms with Gasteiger partial charge in [-0.25, -0.2) is 0 Å². The highest BCUT2D eigenvalue weighted by molar-refractivity contribution is 6.30. The van der Waals surface area contributed by atoms with Gasteiger partial charge < -0.3 is 5.32 Å². The Balaban J connectivity index is 1.69. The number of nitrogens with one attached hydrogen (secondary N) is 1. The van der Waals surface area contributed by atoms with Crippen LogP contribution in [0.4, 0.5) is 0 Å². The Bertz CT molecular complexity index is 700. The van der Waals surface area contributed by atoms with Gasteiger partial charge in [0.25, 0.3) is 0 Å². The molecule has 0 heterocycles. The Kier molecular flexibility index (Phi) is 5.80. The van der Waals surface area contributed by atoms with E-state index in [4.69, 9.17) is 11.6 Å². The van der Waals surface area contributed by atoms with Crippen LogP contribution >= 0.6 is 11.6 Å². The van der Waals surface area contributed by atoms with Gasteiger partial charge in [-0.2, -0.15) is 0 Å². The summed E-state index contributed by atoms with van der Waals surface area (Å²) in [6.45, 7) is 2.75. The Morgan fingerprint density at radius 1 is 1.00 bits per heavy atom. The van der Waals surface area contributed by atoms with Crippen LogP contribution in [0.1, 0.15) is 48.8 Å². The predicted octanol–water partition coefficient (Wildman–Crippen LogP) is 5.21. The molecule has 0 bridgehead atoms. The van der Waals surface area contributed by atoms with Crippen LogP contribution in [0, 0.1) is 6.92 Å². The maximum Gasteiger partial charge on any atom is 0.230 e. The van der Waals surface area contributed by atoms with Crippen molar-refractivity contribution in [3.63, 3.8) is 0 Å². The normalized spacial score (nSPS) is 16.4. The van der Waals surface area contributed by atoms with Gasteiger partial charge in [0.15, 0.2) is 0 Å². The maximum atomic E-state index is 13.1. The van der Waals surface area contributed by atoms with E-state index in [1.165, 1.54) is 23.1 Å². The summed E-state index contributed by atoms with van der Waals surface area (Å²) in [5.74, 6) is 0.185. The summed E-state index contributed by atoms with van der Waals surface area (Å²) in [5, 5.41) is 3.94. The van der Waals surface area contributed by atoms with Crippen molar-refractivity contribution < 1.29 is 4.79 Å². The molecule has 3 heteroatoms. The summed E-state index contributed by atoms with van der Waals surface area (Å²) in [4.78, 5) is 13.1. The predicted molar refractivity (Wildman–Crippen MR) is 104 cm³/mol. The number of hydrogen-bond acceptors (Lipinski definition) is 1. The standard InChI is InChI=1S/C22H26ClNO/c1-17-5-9-19(10-6-17)22(14-3-2-4-15-22)21(25)24-16-13-18-7-11-20(23)12-8-18/h5-12H,2-4,13-16H2,1H3,(H,24,25). The molecule has 2 nitrogen and oxygen atoms in total. The average molecular weight is 356 g/mol. The molecule has 0 radical (unpaired) electrons. The Hall–Kier alpha value is -1.80. The number of halogens is 1. The molecule has 1 fully saturated rings. The van der Waals surface area contributed by atoms with Gasteiger partial charge in [0.2, 0.25) is 5.91 Å². The van der Waals surface area contributed by atoms with Crippen LogP contribution in [0.5, 0.6) is 0 Å². The largest absolute Gasteiger partial charge is 0.355 e. The second kappa shape index (κ2) is 8.05. The first kappa shape index (κ1) is 18.0. The average Bonchev–Trinajstić information content (AvgIpc) is 2.64. The Labute approximate surface area is 155 Å². The summed E-state index contributed by atoms with van der Waals surface area (Å²) in [6.07, 6.45) is 6.20. The zero-order valence-corrected chi connectivity index (χ0v) is 15.6. The van der Waals surface area contributed by atoms with E-state index in [-0.39, 0.29) is 11.3 Å². The quantitative estimate of drug-likeness (QED) is 0.783. The van der Waals surface area contributed by atoms with Gasteiger partial charge in [0.05, 0.1) is 5.41 Å². The monoisotopic (exact) mass is 355 g/mol. The molecule has 3 rings (SSSR count). The molecular formula is C22H26ClNO. The van der Waals surface area contributed by atoms with Crippen molar-refractivity contribution in [2.45, 2.75) is 50.9 Å². The molecule has 0 saturated heterocycles. The second-order valence-electron chi connectivity index (χ2n) is 7.14. The fourth-order valence-electron chi connectivity index (χ4n) is 3.82. The molecule has 0 aromatic heterocycles. The SMILES string of the molecule is Cc1ccc(C2(C(=O)NCCc3ccc(Cl)cc3)CCCCC2)cc1. The molecule has 1 amide bonds. The van der Waals surface area contributed by atoms with Crippen molar-refractivity contribution in [2.75, 3.05) is 6.54 Å². The van der Waals surface area contributed by atoms with E-state index in [2.05, 4.69) is 36.5 Å². The molecular weight excluding hydrogens is 330 g/mol. The molecule has 2 aromatic carbocycles. The molecule has 132 valence electrons. The minimum absolute atomic E-state index is 0.185. The lowest BCUT2D eigenvalue weighted by atomic mass is 9.68. The van der Waals surface area contributed by atoms with Gasteiger partial charge in [-0.3, -0.25) is 4.79 Å². The van der Waals surface area contributed by atoms with Crippen LogP contribution < -0.4 is 5.32 Å². The van der Waals surface area contributed by atoms with E-state index in [0.29, 0.717) is 6.54 Å². The fourth-order valence-corrected chi connectivity index (χ4v) is 3.94. The first-order valence-electron chi connectivity index (χ1n) is 9.20. The molecule has 1 saturated carbocycles. The van der Waals surface area contributed by atoms with Crippen molar-refractivity contribution in [1.29, 1.82) is 0 Å². The Morgan fingerprint density at radius 3 is 2.28 bits per heavy atom. The molecule has 2 aromatic rings. The van der Waals surface area contributed by atoms with Gasteiger partial charge in [0.1, 0.15) is 0 Å². The zero-order valence-electron chi connectivity index (χ0n) is 14.9. The van der Waals surface area contributed by atoms with Crippen LogP contribution in [0.2, 0.25) is 5.02 Å². The van der Waals surface area contributed by atoms with E-state index in [1.54, 1.807) is 0 Å². The minimum Gasteiger partial charge on any atom is -0.355 e. The van der Waals surface area contributed by atoms with Crippen molar-refractivity contribution >= 4 is 17.5 Å². The lowest BCUT2D eigenvalue weighted by Gasteiger charge is -2.36. The summed E-state index contributed by atoms with van der Waals surface area (Å²) in [6, 6.07) is 16.3. The smallest absolute Gasteiger partial charge is 0.230 e. The molecule has 1 aliphatic carbocycles. The lowest BCUT2D eigenvalue weighted by molar-refractivity contribution is -0.128. The maximum absolute atomic E-state index is 13.1. The highest BCUT2D eigenvalue weighted by Crippen LogP contribution is 2.39. The van der Waals surface area contributed by atoms with Crippen molar-refractivity contribution in [2.24, 2.45) is 0 Å². The number of aryl methyl sites for hydroxylation is 1. The molecule has 1 aliphatic rings. The molecule has 0 spiro atoms. The van der Waals surface area contributed by atoms with Gasteiger partial charge in [0, 0.05) is 11.6 Å². The van der Waals surface area contributed by atoms with E-state index in [0.717, 1.165) is 37.1 Å². The van der Waals surface area contributed by atoms with Crippen LogP contribution in [0.3, 0.4) is 0 Å². The third-order valence-electron chi connectivity index (χ3n) is 5.36. The molecule has 0 aliphatic heterocycles. The van der Waals surface area contributed by atoms with Gasteiger partial charge in [-0.1, -0.05) is 72.8 Å². The zero-order chi connectivity index (χ0) is 17.7. The first-order valence-corrected chi connectivity index (χ1v) is 9.58. The minimum atomic E-state index is -0.355. The molecule has 25 heavy (non-hydrogen) atoms. The number of rotatable bonds is 5. The van der Waals surface area contributed by atoms with E-state index in [1.807, 2.05) is 24.3 Å². The second-order valence-corrected chi connectivity index (χ2v) is 7.58. The van der Waals surface area contributed by atoms with Gasteiger partial charge >= 0.3 is 0 Å². The third-order valence-corrected chi connectivity index (χ3v) is 5.61. The van der Waals surface area contributed by atoms with Crippen molar-refractivity contribution in [1.82, 2.24) is 5.32 Å². The summed E-state index contributed by atoms with van der Waals surface area (Å²) < 4.78 is 0. The number of carbonyl (C=O) groups is 1. The third kappa shape index (κ3) is 4.24. The van der Waals surface area contributed by atoms with Crippen LogP contribution in [0.25, 0.3) is 0 Å². The summed E-state index contributed by atoms with van der Waals surface area (Å²) >= 11 is 5.93. The van der Waals surface area contributed by atoms with Crippen molar-refractivity contribution in [3.05, 3.63) is 70.2 Å². The van der Waals surface area contributed by atoms with Crippen LogP contribution in [0.15, 0.2) is 48.5 Å². The lowest BCUT2D eigenvalue weighted by Crippen LogP contribution is -2.46. The number of carbonyl (C=O) groups excluding carboxylic acids is 1. The van der Waals surface area contributed by atoms with E-state index in [9.17, 15) is 4.79 Å². The highest BCUT2D eigenvalue weighted by atomic mass is 35.5. The number of benzene rings is 2. The molecule has 1 N–H and O–H groups in total. The van der Waals surface area contributed by atoms with E-state index < -0.39 is 0 Å². The topological polar surface area (TPSA) is 29.1 Å². The Morgan fingerprint density at radius 2 is 1.64 bits per heavy atom. The van der Waals surface area contributed by atoms with Gasteiger partial charge in [-0.05, 0) is 49.4 Å². The highest BCUT2D eigenvalue weighted by Gasteiger charge is 2.40. The molecule has 0 unspecified atom stereocenters. The summed E-state index contributed by atoms with van der Waals surface area (Å²) in [5.41, 5.74) is 3.24. The first-order chi connectivity index (χ1) is 12.1. The van der Waals surface area contributed by atoms with E-state index >= 15 is 0 Å². The molecule has 0 atom stereocenters.